The van der Waals surface area contributed by atoms with Gasteiger partial charge >= 0.3 is 0 Å². The number of primary amides is 4. The lowest BCUT2D eigenvalue weighted by Crippen LogP contribution is -2.34. The van der Waals surface area contributed by atoms with E-state index in [-0.39, 0.29) is 11.5 Å². The van der Waals surface area contributed by atoms with Gasteiger partial charge in [-0.1, -0.05) is 185 Å². The molecule has 0 unspecified atom stereocenters. The number of fused-ring (bicyclic) bond motifs is 8. The molecule has 0 saturated carbocycles. The van der Waals surface area contributed by atoms with Crippen LogP contribution in [0, 0.1) is 27.7 Å². The second-order valence-electron chi connectivity index (χ2n) is 38.9. The largest absolute Gasteiger partial charge is 0.366 e. The Morgan fingerprint density at radius 1 is 0.297 bits per heavy atom. The van der Waals surface area contributed by atoms with Crippen molar-refractivity contribution in [3.05, 3.63) is 331 Å². The normalized spacial score (nSPS) is 13.8. The molecule has 12 heterocycles. The standard InChI is InChI=1S/2C29H34N6O.2C28H32N6O3S/c1-3-4-8-15-34-16-14-25-24(19-34)28(31-18-21-10-6-5-7-11-21)33-29(32-25)35-20(2)17-23-22(27(30)36)12-9-13-26(23)35;1-3-4-8-15-34-16-14-23-25(19-34)32-29(33-28(23)31-18-21-10-6-5-7-11-21)35-20(2)17-24-22(27(30)36)12-9-13-26(24)35;1-19-16-22-21(26(29)35)10-6-11-25(22)34(19)28-31-24-12-14-33(13-7-15-38(2,36)37)18-23(24)27(32-28)30-17-20-8-4-3-5-9-20;1-19-16-23-21(26(29)35)10-6-11-25(23)34(19)28-31-24-18-33(13-7-15-38(2,36)37)14-12-22(24)27(32-28)30-17-20-8-4-3-5-9-20/h2*5-7,9-13,17H,3-4,8,14-16,18-19H2,1-2H3,(H2,30,36)(H,31,32,33);2*3-6,8-11,16H,7,12-15,17-18H2,1-2H3,(H2,29,35)(H,30,31,32). The van der Waals surface area contributed by atoms with Crippen molar-refractivity contribution in [2.24, 2.45) is 22.9 Å². The SMILES string of the molecule is CCCCCN1CCc2c(nc(-n3c(C)cc4c(C(N)=O)cccc43)nc2NCc2ccccc2)C1.CCCCCN1CCc2nc(-n3c(C)cc4c(C(N)=O)cccc43)nc(NCc3ccccc3)c2C1.Cc1cc2c(C(N)=O)cccc2n1-c1nc2c(c(NCc3ccccc3)n1)CCN(CCCS(C)(=O)=O)C2.Cc1cc2c(C(N)=O)cccc2n1-c1nc2c(c(NCc3ccccc3)n1)CN(CCCS(C)(=O)=O)CC2. The summed E-state index contributed by atoms with van der Waals surface area (Å²) in [5.41, 5.74) is 44.9. The average Bonchev–Trinajstić information content (AvgIpc) is 1.61. The van der Waals surface area contributed by atoms with Crippen molar-refractivity contribution in [2.75, 3.05) is 97.6 Å². The maximum Gasteiger partial charge on any atom is 0.249 e. The number of nitrogens with zero attached hydrogens (tertiary/aromatic N) is 16. The van der Waals surface area contributed by atoms with E-state index in [2.05, 4.69) is 128 Å². The Labute approximate surface area is 864 Å². The minimum atomic E-state index is -3.00. The molecule has 4 amide bonds. The second-order valence-corrected chi connectivity index (χ2v) is 43.4. The molecule has 0 spiro atoms. The van der Waals surface area contributed by atoms with E-state index < -0.39 is 43.3 Å². The lowest BCUT2D eigenvalue weighted by atomic mass is 10.0. The van der Waals surface area contributed by atoms with E-state index in [1.165, 1.54) is 73.3 Å². The first-order valence-electron chi connectivity index (χ1n) is 51.1. The first-order valence-corrected chi connectivity index (χ1v) is 55.2. The summed E-state index contributed by atoms with van der Waals surface area (Å²) in [4.78, 5) is 97.9. The highest BCUT2D eigenvalue weighted by atomic mass is 32.2. The molecule has 12 N–H and O–H groups in total. The third-order valence-corrected chi connectivity index (χ3v) is 29.9. The number of carbonyl (C=O) groups excluding carboxylic acids is 4. The van der Waals surface area contributed by atoms with Crippen molar-refractivity contribution in [1.29, 1.82) is 0 Å². The Kier molecular flexibility index (Phi) is 33.4. The van der Waals surface area contributed by atoms with Crippen molar-refractivity contribution < 1.29 is 36.0 Å². The van der Waals surface area contributed by atoms with Crippen molar-refractivity contribution in [2.45, 2.75) is 171 Å². The molecule has 0 atom stereocenters. The molecule has 20 rings (SSSR count). The monoisotopic (exact) mass is 2030 g/mol. The highest BCUT2D eigenvalue weighted by Crippen LogP contribution is 2.38. The fraction of sp³-hybridized carbons (Fsp3) is 0.333. The molecule has 0 bridgehead atoms. The molecular formula is C114H132N24O8S2. The zero-order valence-electron chi connectivity index (χ0n) is 85.5. The maximum absolute atomic E-state index is 12.1. The van der Waals surface area contributed by atoms with Gasteiger partial charge in [0.1, 0.15) is 42.9 Å². The van der Waals surface area contributed by atoms with E-state index in [0.29, 0.717) is 111 Å². The first-order chi connectivity index (χ1) is 71.5. The summed E-state index contributed by atoms with van der Waals surface area (Å²) in [6.45, 7) is 25.2. The maximum atomic E-state index is 12.1. The van der Waals surface area contributed by atoms with Gasteiger partial charge in [0.2, 0.25) is 47.4 Å². The number of hydrogen-bond donors (Lipinski definition) is 8. The topological polar surface area (TPSA) is 425 Å². The molecule has 16 aromatic rings. The quantitative estimate of drug-likeness (QED) is 0.0169. The summed E-state index contributed by atoms with van der Waals surface area (Å²) in [7, 11) is -5.99. The van der Waals surface area contributed by atoms with E-state index in [4.69, 9.17) is 62.8 Å². The summed E-state index contributed by atoms with van der Waals surface area (Å²) in [6, 6.07) is 71.1. The van der Waals surface area contributed by atoms with Crippen LogP contribution in [0.2, 0.25) is 0 Å². The molecule has 768 valence electrons. The molecule has 8 aromatic carbocycles. The Bertz CT molecular complexity index is 7770. The van der Waals surface area contributed by atoms with Gasteiger partial charge < -0.3 is 44.2 Å². The first kappa shape index (κ1) is 104. The number of anilines is 4. The lowest BCUT2D eigenvalue weighted by Gasteiger charge is -2.30. The van der Waals surface area contributed by atoms with Gasteiger partial charge in [0.25, 0.3) is 0 Å². The van der Waals surface area contributed by atoms with Crippen LogP contribution in [-0.2, 0) is 97.7 Å². The van der Waals surface area contributed by atoms with E-state index in [1.54, 1.807) is 24.3 Å². The van der Waals surface area contributed by atoms with Crippen LogP contribution in [0.1, 0.15) is 197 Å². The van der Waals surface area contributed by atoms with Crippen LogP contribution in [0.15, 0.2) is 218 Å². The zero-order chi connectivity index (χ0) is 104. The van der Waals surface area contributed by atoms with Gasteiger partial charge in [-0.3, -0.25) is 57.0 Å². The summed E-state index contributed by atoms with van der Waals surface area (Å²) in [5, 5.41) is 17.5. The summed E-state index contributed by atoms with van der Waals surface area (Å²) in [5.74, 6) is 4.15. The highest BCUT2D eigenvalue weighted by molar-refractivity contribution is 7.90. The van der Waals surface area contributed by atoms with Crippen molar-refractivity contribution in [3.63, 3.8) is 0 Å². The molecule has 32 nitrogen and oxygen atoms in total. The molecule has 0 fully saturated rings. The average molecular weight is 2030 g/mol. The van der Waals surface area contributed by atoms with Gasteiger partial charge in [-0.15, -0.1) is 0 Å². The third kappa shape index (κ3) is 25.1. The van der Waals surface area contributed by atoms with E-state index in [0.717, 1.165) is 213 Å². The van der Waals surface area contributed by atoms with Gasteiger partial charge in [-0.05, 0) is 187 Å². The molecule has 34 heteroatoms. The van der Waals surface area contributed by atoms with Crippen molar-refractivity contribution in [1.82, 2.24) is 77.7 Å². The van der Waals surface area contributed by atoms with Crippen LogP contribution >= 0.6 is 0 Å². The van der Waals surface area contributed by atoms with Crippen LogP contribution in [0.4, 0.5) is 23.3 Å². The molecular weight excluding hydrogens is 1900 g/mol. The number of rotatable bonds is 36. The van der Waals surface area contributed by atoms with Crippen LogP contribution in [0.3, 0.4) is 0 Å². The van der Waals surface area contributed by atoms with Gasteiger partial charge in [0.15, 0.2) is 0 Å². The van der Waals surface area contributed by atoms with Gasteiger partial charge in [-0.2, -0.15) is 19.9 Å². The Morgan fingerprint density at radius 2 is 0.547 bits per heavy atom. The van der Waals surface area contributed by atoms with E-state index >= 15 is 0 Å². The minimum Gasteiger partial charge on any atom is -0.366 e. The van der Waals surface area contributed by atoms with Crippen LogP contribution < -0.4 is 44.2 Å². The number of nitrogens with two attached hydrogens (primary N) is 4. The number of benzene rings is 8. The third-order valence-electron chi connectivity index (χ3n) is 27.8. The molecule has 0 aliphatic carbocycles. The fourth-order valence-electron chi connectivity index (χ4n) is 20.4. The summed E-state index contributed by atoms with van der Waals surface area (Å²) < 4.78 is 54.4. The zero-order valence-corrected chi connectivity index (χ0v) is 87.2. The highest BCUT2D eigenvalue weighted by Gasteiger charge is 2.32. The van der Waals surface area contributed by atoms with Crippen molar-refractivity contribution in [3.8, 4) is 23.8 Å². The van der Waals surface area contributed by atoms with Gasteiger partial charge in [-0.25, -0.2) is 36.8 Å². The second kappa shape index (κ2) is 47.3. The van der Waals surface area contributed by atoms with Crippen LogP contribution in [-0.4, -0.2) is 195 Å². The number of unbranched alkanes of at least 4 members (excludes halogenated alkanes) is 4. The summed E-state index contributed by atoms with van der Waals surface area (Å²) in [6.07, 6.45) is 14.4. The fourth-order valence-corrected chi connectivity index (χ4v) is 21.7. The van der Waals surface area contributed by atoms with Gasteiger partial charge in [0.05, 0.1) is 56.3 Å². The number of carbonyl (C=O) groups is 4. The molecule has 0 radical (unpaired) electrons. The number of aromatic nitrogens is 12. The molecule has 148 heavy (non-hydrogen) atoms. The molecule has 4 aliphatic heterocycles. The number of hydrogen-bond acceptors (Lipinski definition) is 24. The smallest absolute Gasteiger partial charge is 0.249 e. The van der Waals surface area contributed by atoms with E-state index in [9.17, 15) is 36.0 Å². The van der Waals surface area contributed by atoms with Crippen LogP contribution in [0.5, 0.6) is 0 Å². The lowest BCUT2D eigenvalue weighted by molar-refractivity contribution is 0.0993. The van der Waals surface area contributed by atoms with E-state index in [1.807, 2.05) is 167 Å². The van der Waals surface area contributed by atoms with Gasteiger partial charge in [0, 0.05) is 193 Å². The molecule has 8 aromatic heterocycles. The number of amides is 4. The Morgan fingerprint density at radius 3 is 0.811 bits per heavy atom. The minimum absolute atomic E-state index is 0.173. The van der Waals surface area contributed by atoms with Crippen LogP contribution in [0.25, 0.3) is 67.4 Å². The number of nitrogens with one attached hydrogen (secondary N) is 4. The molecule has 4 aliphatic rings. The number of aryl methyl sites for hydroxylation is 4. The summed E-state index contributed by atoms with van der Waals surface area (Å²) >= 11 is 0. The predicted molar refractivity (Wildman–Crippen MR) is 587 cm³/mol. The predicted octanol–water partition coefficient (Wildman–Crippen LogP) is 16.4. The van der Waals surface area contributed by atoms with Crippen molar-refractivity contribution >= 4 is 110 Å². The Balaban J connectivity index is 0.000000135. The number of sulfone groups is 2. The Hall–Kier alpha value is -14.9. The molecule has 0 saturated heterocycles.